The lowest BCUT2D eigenvalue weighted by Crippen LogP contribution is -2.48. The molecule has 11 heteroatoms. The highest BCUT2D eigenvalue weighted by Gasteiger charge is 2.24. The number of imidazole rings is 1. The fraction of sp³-hybridized carbons (Fsp3) is 0.476. The number of carbonyl (C=O) groups is 1. The van der Waals surface area contributed by atoms with Crippen LogP contribution >= 0.6 is 0 Å². The Labute approximate surface area is 183 Å². The second kappa shape index (κ2) is 8.32. The normalized spacial score (nSPS) is 17.3. The van der Waals surface area contributed by atoms with Crippen molar-refractivity contribution in [2.75, 3.05) is 31.7 Å². The van der Waals surface area contributed by atoms with Crippen molar-refractivity contribution >= 4 is 28.7 Å². The van der Waals surface area contributed by atoms with Crippen LogP contribution in [0, 0.1) is 6.92 Å². The minimum atomic E-state index is -0.226. The Balaban J connectivity index is 1.41. The molecule has 0 aliphatic carbocycles. The smallest absolute Gasteiger partial charge is 0.330 e. The summed E-state index contributed by atoms with van der Waals surface area (Å²) in [5.74, 6) is 0.132. The summed E-state index contributed by atoms with van der Waals surface area (Å²) in [5, 5.41) is 6.05. The molecule has 5 rings (SSSR count). The lowest BCUT2D eigenvalue weighted by atomic mass is 10.1. The van der Waals surface area contributed by atoms with Crippen molar-refractivity contribution < 1.29 is 14.3 Å². The van der Waals surface area contributed by atoms with Gasteiger partial charge in [0.1, 0.15) is 11.2 Å². The zero-order valence-corrected chi connectivity index (χ0v) is 18.0. The molecule has 32 heavy (non-hydrogen) atoms. The van der Waals surface area contributed by atoms with E-state index < -0.39 is 0 Å². The number of carbonyl (C=O) groups excluding carboxylic acids is 1. The van der Waals surface area contributed by atoms with Gasteiger partial charge in [0.2, 0.25) is 5.95 Å². The molecular formula is C21H25N7O4. The van der Waals surface area contributed by atoms with E-state index in [2.05, 4.69) is 25.6 Å². The molecule has 3 aromatic rings. The van der Waals surface area contributed by atoms with Crippen molar-refractivity contribution in [2.24, 2.45) is 7.05 Å². The van der Waals surface area contributed by atoms with E-state index in [4.69, 9.17) is 9.47 Å². The Bertz CT molecular complexity index is 1220. The predicted molar refractivity (Wildman–Crippen MR) is 116 cm³/mol. The second-order valence-electron chi connectivity index (χ2n) is 8.17. The highest BCUT2D eigenvalue weighted by molar-refractivity contribution is 5.93. The zero-order valence-electron chi connectivity index (χ0n) is 18.0. The van der Waals surface area contributed by atoms with E-state index in [1.54, 1.807) is 34.6 Å². The summed E-state index contributed by atoms with van der Waals surface area (Å²) in [6.07, 6.45) is 4.77. The lowest BCUT2D eigenvalue weighted by Gasteiger charge is -2.26. The Morgan fingerprint density at radius 2 is 1.94 bits per heavy atom. The van der Waals surface area contributed by atoms with E-state index in [0.717, 1.165) is 18.4 Å². The fourth-order valence-corrected chi connectivity index (χ4v) is 3.98. The summed E-state index contributed by atoms with van der Waals surface area (Å²) in [6.45, 7) is 4.20. The summed E-state index contributed by atoms with van der Waals surface area (Å²) < 4.78 is 13.8. The molecule has 0 aromatic carbocycles. The number of nitrogens with zero attached hydrogens (tertiary/aromatic N) is 5. The Kier molecular flexibility index (Phi) is 5.35. The summed E-state index contributed by atoms with van der Waals surface area (Å²) in [6, 6.07) is 1.81. The number of aromatic nitrogens is 5. The topological polar surface area (TPSA) is 125 Å². The van der Waals surface area contributed by atoms with Gasteiger partial charge in [-0.15, -0.1) is 0 Å². The Morgan fingerprint density at radius 1 is 1.16 bits per heavy atom. The van der Waals surface area contributed by atoms with Crippen LogP contribution in [0.3, 0.4) is 0 Å². The van der Waals surface area contributed by atoms with Gasteiger partial charge in [0.25, 0.3) is 5.91 Å². The average Bonchev–Trinajstić information content (AvgIpc) is 3.02. The third-order valence-electron chi connectivity index (χ3n) is 5.95. The van der Waals surface area contributed by atoms with E-state index in [-0.39, 0.29) is 23.7 Å². The number of anilines is 2. The van der Waals surface area contributed by atoms with E-state index in [9.17, 15) is 9.59 Å². The van der Waals surface area contributed by atoms with Crippen LogP contribution < -0.4 is 16.3 Å². The molecule has 0 saturated carbocycles. The highest BCUT2D eigenvalue weighted by Crippen LogP contribution is 2.25. The summed E-state index contributed by atoms with van der Waals surface area (Å²) in [7, 11) is 1.73. The van der Waals surface area contributed by atoms with Gasteiger partial charge in [-0.05, 0) is 31.4 Å². The van der Waals surface area contributed by atoms with Crippen molar-refractivity contribution in [1.82, 2.24) is 29.4 Å². The highest BCUT2D eigenvalue weighted by atomic mass is 16.5. The first-order chi connectivity index (χ1) is 15.5. The minimum Gasteiger partial charge on any atom is -0.381 e. The largest absolute Gasteiger partial charge is 0.381 e. The molecule has 2 N–H and O–H groups in total. The van der Waals surface area contributed by atoms with Crippen LogP contribution in [0.25, 0.3) is 11.2 Å². The number of ether oxygens (including phenoxy) is 2. The van der Waals surface area contributed by atoms with E-state index >= 15 is 0 Å². The minimum absolute atomic E-state index is 0.0433. The first-order valence-electron chi connectivity index (χ1n) is 10.6. The molecule has 0 bridgehead atoms. The van der Waals surface area contributed by atoms with Gasteiger partial charge < -0.3 is 20.1 Å². The van der Waals surface area contributed by atoms with Gasteiger partial charge in [0.05, 0.1) is 37.3 Å². The van der Waals surface area contributed by atoms with Gasteiger partial charge in [0, 0.05) is 26.3 Å². The number of rotatable bonds is 5. The van der Waals surface area contributed by atoms with Crippen molar-refractivity contribution in [3.05, 3.63) is 40.2 Å². The van der Waals surface area contributed by atoms with Crippen molar-refractivity contribution in [2.45, 2.75) is 31.8 Å². The first kappa shape index (κ1) is 20.6. The third kappa shape index (κ3) is 3.73. The molecule has 0 atom stereocenters. The van der Waals surface area contributed by atoms with Crippen LogP contribution in [-0.4, -0.2) is 62.5 Å². The number of nitrogens with one attached hydrogen (secondary N) is 2. The van der Waals surface area contributed by atoms with Gasteiger partial charge in [-0.2, -0.15) is 4.98 Å². The molecule has 2 aliphatic heterocycles. The molecule has 0 radical (unpaired) electrons. The fourth-order valence-electron chi connectivity index (χ4n) is 3.98. The van der Waals surface area contributed by atoms with Crippen LogP contribution in [-0.2, 0) is 16.5 Å². The molecule has 2 fully saturated rings. The van der Waals surface area contributed by atoms with E-state index in [1.165, 1.54) is 0 Å². The van der Waals surface area contributed by atoms with Crippen LogP contribution in [0.15, 0.2) is 23.3 Å². The van der Waals surface area contributed by atoms with Crippen molar-refractivity contribution in [3.63, 3.8) is 0 Å². The molecule has 2 saturated heterocycles. The molecule has 3 aromatic heterocycles. The summed E-state index contributed by atoms with van der Waals surface area (Å²) in [4.78, 5) is 38.5. The molecule has 5 heterocycles. The molecule has 11 nitrogen and oxygen atoms in total. The standard InChI is InChI=1S/C21H25N7O4/c1-12-7-15(19(29)24-13-10-32-11-13)22-8-16(12)25-20-23-9-17-18(26-20)28(21(30)27(17)2)14-3-5-31-6-4-14/h7-9,13-14H,3-6,10-11H2,1-2H3,(H,24,29)(H,23,25,26). The monoisotopic (exact) mass is 439 g/mol. The van der Waals surface area contributed by atoms with Crippen LogP contribution in [0.1, 0.15) is 34.9 Å². The summed E-state index contributed by atoms with van der Waals surface area (Å²) >= 11 is 0. The number of amides is 1. The zero-order chi connectivity index (χ0) is 22.2. The second-order valence-corrected chi connectivity index (χ2v) is 8.17. The van der Waals surface area contributed by atoms with Crippen molar-refractivity contribution in [1.29, 1.82) is 0 Å². The molecule has 1 amide bonds. The van der Waals surface area contributed by atoms with Gasteiger partial charge >= 0.3 is 5.69 Å². The van der Waals surface area contributed by atoms with Gasteiger partial charge in [-0.25, -0.2) is 14.8 Å². The Hall–Kier alpha value is -3.31. The lowest BCUT2D eigenvalue weighted by molar-refractivity contribution is -0.00354. The number of aryl methyl sites for hydroxylation is 2. The van der Waals surface area contributed by atoms with Crippen LogP contribution in [0.5, 0.6) is 0 Å². The van der Waals surface area contributed by atoms with Crippen LogP contribution in [0.2, 0.25) is 0 Å². The third-order valence-corrected chi connectivity index (χ3v) is 5.95. The quantitative estimate of drug-likeness (QED) is 0.605. The average molecular weight is 439 g/mol. The SMILES string of the molecule is Cc1cc(C(=O)NC2COC2)ncc1Nc1ncc2c(n1)n(C1CCOCC1)c(=O)n2C. The molecular weight excluding hydrogens is 414 g/mol. The van der Waals surface area contributed by atoms with Crippen LogP contribution in [0.4, 0.5) is 11.6 Å². The summed E-state index contributed by atoms with van der Waals surface area (Å²) in [5.41, 5.74) is 3.01. The molecule has 168 valence electrons. The number of hydrogen-bond acceptors (Lipinski definition) is 8. The van der Waals surface area contributed by atoms with E-state index in [1.807, 2.05) is 6.92 Å². The molecule has 0 spiro atoms. The van der Waals surface area contributed by atoms with Gasteiger partial charge in [0.15, 0.2) is 5.65 Å². The maximum Gasteiger partial charge on any atom is 0.330 e. The number of pyridine rings is 1. The van der Waals surface area contributed by atoms with Crippen molar-refractivity contribution in [3.8, 4) is 0 Å². The number of fused-ring (bicyclic) bond motifs is 1. The van der Waals surface area contributed by atoms with E-state index in [0.29, 0.717) is 54.9 Å². The van der Waals surface area contributed by atoms with Gasteiger partial charge in [-0.1, -0.05) is 0 Å². The maximum absolute atomic E-state index is 12.9. The number of hydrogen-bond donors (Lipinski definition) is 2. The maximum atomic E-state index is 12.9. The van der Waals surface area contributed by atoms with Gasteiger partial charge in [-0.3, -0.25) is 13.9 Å². The first-order valence-corrected chi connectivity index (χ1v) is 10.6. The molecule has 2 aliphatic rings. The Morgan fingerprint density at radius 3 is 2.62 bits per heavy atom. The predicted octanol–water partition coefficient (Wildman–Crippen LogP) is 1.06. The molecule has 0 unspecified atom stereocenters.